The highest BCUT2D eigenvalue weighted by Crippen LogP contribution is 2.43. The molecule has 134 valence electrons. The number of hydrogen-bond donors (Lipinski definition) is 1. The molecule has 1 N–H and O–H groups in total. The fourth-order valence-corrected chi connectivity index (χ4v) is 5.18. The first-order chi connectivity index (χ1) is 12.7. The molecule has 2 atom stereocenters. The van der Waals surface area contributed by atoms with E-state index in [1.165, 1.54) is 19.4 Å². The summed E-state index contributed by atoms with van der Waals surface area (Å²) < 4.78 is 5.80. The third-order valence-electron chi connectivity index (χ3n) is 6.18. The fraction of sp³-hybridized carbons (Fsp3) is 0.409. The van der Waals surface area contributed by atoms with Crippen molar-refractivity contribution < 1.29 is 9.53 Å². The maximum Gasteiger partial charge on any atom is 0.251 e. The molecule has 0 aromatic heterocycles. The number of rotatable bonds is 4. The van der Waals surface area contributed by atoms with E-state index in [4.69, 9.17) is 4.74 Å². The van der Waals surface area contributed by atoms with E-state index >= 15 is 0 Å². The van der Waals surface area contributed by atoms with Crippen LogP contribution in [0.5, 0.6) is 11.5 Å². The molecular formula is C22H24N2O2. The third-order valence-corrected chi connectivity index (χ3v) is 6.18. The summed E-state index contributed by atoms with van der Waals surface area (Å²) in [6, 6.07) is 17.5. The van der Waals surface area contributed by atoms with Crippen molar-refractivity contribution in [2.75, 3.05) is 19.6 Å². The molecule has 6 rings (SSSR count). The molecule has 2 aromatic rings. The molecule has 3 saturated heterocycles. The Kier molecular flexibility index (Phi) is 3.93. The maximum atomic E-state index is 12.7. The van der Waals surface area contributed by atoms with Gasteiger partial charge in [0.1, 0.15) is 11.5 Å². The number of piperidine rings is 3. The number of hydrogen-bond acceptors (Lipinski definition) is 3. The summed E-state index contributed by atoms with van der Waals surface area (Å²) in [5.41, 5.74) is 0.708. The van der Waals surface area contributed by atoms with Crippen molar-refractivity contribution in [1.29, 1.82) is 0 Å². The molecule has 3 aliphatic heterocycles. The zero-order valence-electron chi connectivity index (χ0n) is 14.8. The average Bonchev–Trinajstić information content (AvgIpc) is 2.65. The predicted molar refractivity (Wildman–Crippen MR) is 100 cm³/mol. The lowest BCUT2D eigenvalue weighted by Gasteiger charge is -2.55. The molecule has 4 aliphatic rings. The second-order valence-electron chi connectivity index (χ2n) is 8.01. The number of ether oxygens (including phenoxy) is 1. The topological polar surface area (TPSA) is 41.6 Å². The van der Waals surface area contributed by atoms with Gasteiger partial charge in [0.2, 0.25) is 0 Å². The Morgan fingerprint density at radius 1 is 0.885 bits per heavy atom. The smallest absolute Gasteiger partial charge is 0.251 e. The van der Waals surface area contributed by atoms with Crippen LogP contribution >= 0.6 is 0 Å². The number of carbonyl (C=O) groups excluding carboxylic acids is 1. The Hall–Kier alpha value is -2.33. The van der Waals surface area contributed by atoms with Crippen LogP contribution in [0.3, 0.4) is 0 Å². The highest BCUT2D eigenvalue weighted by molar-refractivity contribution is 5.94. The Morgan fingerprint density at radius 3 is 2.19 bits per heavy atom. The lowest BCUT2D eigenvalue weighted by atomic mass is 9.65. The molecule has 0 radical (unpaired) electrons. The molecule has 26 heavy (non-hydrogen) atoms. The van der Waals surface area contributed by atoms with Crippen LogP contribution in [-0.4, -0.2) is 36.5 Å². The van der Waals surface area contributed by atoms with E-state index in [1.807, 2.05) is 54.6 Å². The lowest BCUT2D eigenvalue weighted by Crippen LogP contribution is -2.64. The first-order valence-corrected chi connectivity index (χ1v) is 9.61. The summed E-state index contributed by atoms with van der Waals surface area (Å²) in [5, 5.41) is 3.34. The van der Waals surface area contributed by atoms with Gasteiger partial charge in [-0.25, -0.2) is 0 Å². The second-order valence-corrected chi connectivity index (χ2v) is 8.01. The molecule has 1 saturated carbocycles. The van der Waals surface area contributed by atoms with Gasteiger partial charge in [-0.05, 0) is 67.0 Å². The molecule has 4 nitrogen and oxygen atoms in total. The van der Waals surface area contributed by atoms with E-state index in [0.29, 0.717) is 23.4 Å². The molecule has 2 aromatic carbocycles. The highest BCUT2D eigenvalue weighted by Gasteiger charge is 2.47. The van der Waals surface area contributed by atoms with Crippen molar-refractivity contribution >= 4 is 5.91 Å². The van der Waals surface area contributed by atoms with Gasteiger partial charge in [-0.3, -0.25) is 4.79 Å². The maximum absolute atomic E-state index is 12.7. The van der Waals surface area contributed by atoms with Crippen molar-refractivity contribution in [3.05, 3.63) is 60.2 Å². The molecule has 4 fully saturated rings. The fourth-order valence-electron chi connectivity index (χ4n) is 5.18. The highest BCUT2D eigenvalue weighted by atomic mass is 16.5. The van der Waals surface area contributed by atoms with Crippen LogP contribution in [0.4, 0.5) is 0 Å². The molecule has 4 heteroatoms. The molecule has 4 bridgehead atoms. The standard InChI is InChI=1S/C22H24N2O2/c25-22(23-21-17-10-15-11-18(21)14-24(12-15)13-17)16-6-8-20(9-7-16)26-19-4-2-1-3-5-19/h1-9,15,17-18,21H,10-14H2,(H,23,25)/t15?,17-,18-,21?/m0/s1. The SMILES string of the molecule is O=C(NC1[C@H]2CC3C[C@H]1CN(C3)C2)c1ccc(Oc2ccccc2)cc1. The Balaban J connectivity index is 1.25. The number of para-hydroxylation sites is 1. The Bertz CT molecular complexity index is 760. The van der Waals surface area contributed by atoms with Gasteiger partial charge in [-0.2, -0.15) is 0 Å². The molecule has 3 heterocycles. The predicted octanol–water partition coefficient (Wildman–Crippen LogP) is 3.55. The van der Waals surface area contributed by atoms with Crippen molar-refractivity contribution in [2.24, 2.45) is 17.8 Å². The minimum Gasteiger partial charge on any atom is -0.457 e. The largest absolute Gasteiger partial charge is 0.457 e. The van der Waals surface area contributed by atoms with E-state index in [9.17, 15) is 4.79 Å². The van der Waals surface area contributed by atoms with Crippen LogP contribution in [0.1, 0.15) is 23.2 Å². The third kappa shape index (κ3) is 2.99. The van der Waals surface area contributed by atoms with Crippen LogP contribution in [0, 0.1) is 17.8 Å². The van der Waals surface area contributed by atoms with Crippen molar-refractivity contribution in [3.8, 4) is 11.5 Å². The summed E-state index contributed by atoms with van der Waals surface area (Å²) in [5.74, 6) is 3.71. The van der Waals surface area contributed by atoms with Crippen molar-refractivity contribution in [1.82, 2.24) is 10.2 Å². The summed E-state index contributed by atoms with van der Waals surface area (Å²) >= 11 is 0. The van der Waals surface area contributed by atoms with Gasteiger partial charge in [0.15, 0.2) is 0 Å². The number of carbonyl (C=O) groups is 1. The van der Waals surface area contributed by atoms with E-state index in [2.05, 4.69) is 10.2 Å². The van der Waals surface area contributed by atoms with Crippen molar-refractivity contribution in [2.45, 2.75) is 18.9 Å². The van der Waals surface area contributed by atoms with Gasteiger partial charge < -0.3 is 15.0 Å². The molecule has 0 spiro atoms. The quantitative estimate of drug-likeness (QED) is 0.919. The van der Waals surface area contributed by atoms with Crippen LogP contribution < -0.4 is 10.1 Å². The summed E-state index contributed by atoms with van der Waals surface area (Å²) in [4.78, 5) is 15.3. The van der Waals surface area contributed by atoms with Gasteiger partial charge in [0.25, 0.3) is 5.91 Å². The molecule has 1 amide bonds. The second kappa shape index (κ2) is 6.44. The minimum absolute atomic E-state index is 0.0451. The van der Waals surface area contributed by atoms with Crippen LogP contribution in [0.25, 0.3) is 0 Å². The van der Waals surface area contributed by atoms with E-state index in [0.717, 1.165) is 30.5 Å². The summed E-state index contributed by atoms with van der Waals surface area (Å²) in [6.45, 7) is 3.58. The van der Waals surface area contributed by atoms with Gasteiger partial charge in [-0.15, -0.1) is 0 Å². The van der Waals surface area contributed by atoms with Gasteiger partial charge in [0, 0.05) is 31.2 Å². The number of amides is 1. The van der Waals surface area contributed by atoms with E-state index in [-0.39, 0.29) is 5.91 Å². The molecule has 1 aliphatic carbocycles. The lowest BCUT2D eigenvalue weighted by molar-refractivity contribution is -0.0418. The van der Waals surface area contributed by atoms with E-state index < -0.39 is 0 Å². The first kappa shape index (κ1) is 15.9. The number of nitrogens with one attached hydrogen (secondary N) is 1. The zero-order chi connectivity index (χ0) is 17.5. The molecule has 0 unspecified atom stereocenters. The monoisotopic (exact) mass is 348 g/mol. The van der Waals surface area contributed by atoms with Crippen molar-refractivity contribution in [3.63, 3.8) is 0 Å². The average molecular weight is 348 g/mol. The Morgan fingerprint density at radius 2 is 1.54 bits per heavy atom. The normalized spacial score (nSPS) is 31.6. The summed E-state index contributed by atoms with van der Waals surface area (Å²) in [7, 11) is 0. The van der Waals surface area contributed by atoms with Gasteiger partial charge in [0.05, 0.1) is 0 Å². The van der Waals surface area contributed by atoms with Crippen LogP contribution in [0.15, 0.2) is 54.6 Å². The first-order valence-electron chi connectivity index (χ1n) is 9.61. The number of nitrogens with zero attached hydrogens (tertiary/aromatic N) is 1. The summed E-state index contributed by atoms with van der Waals surface area (Å²) in [6.07, 6.45) is 2.56. The number of benzene rings is 2. The molecular weight excluding hydrogens is 324 g/mol. The van der Waals surface area contributed by atoms with Gasteiger partial charge >= 0.3 is 0 Å². The zero-order valence-corrected chi connectivity index (χ0v) is 14.8. The van der Waals surface area contributed by atoms with Gasteiger partial charge in [-0.1, -0.05) is 18.2 Å². The van der Waals surface area contributed by atoms with E-state index in [1.54, 1.807) is 0 Å². The minimum atomic E-state index is 0.0451. The van der Waals surface area contributed by atoms with Crippen LogP contribution in [-0.2, 0) is 0 Å². The van der Waals surface area contributed by atoms with Crippen LogP contribution in [0.2, 0.25) is 0 Å². The Labute approximate surface area is 154 Å².